The van der Waals surface area contributed by atoms with Crippen LogP contribution >= 0.6 is 0 Å². The van der Waals surface area contributed by atoms with Gasteiger partial charge in [0.05, 0.1) is 11.3 Å². The summed E-state index contributed by atoms with van der Waals surface area (Å²) in [6.45, 7) is 0. The van der Waals surface area contributed by atoms with Crippen LogP contribution in [0.3, 0.4) is 0 Å². The Morgan fingerprint density at radius 3 is 2.25 bits per heavy atom. The summed E-state index contributed by atoms with van der Waals surface area (Å²) in [7, 11) is 0. The van der Waals surface area contributed by atoms with Crippen LogP contribution in [-0.2, 0) is 0 Å². The van der Waals surface area contributed by atoms with E-state index in [4.69, 9.17) is 11.5 Å². The van der Waals surface area contributed by atoms with Gasteiger partial charge in [0.1, 0.15) is 5.82 Å². The minimum atomic E-state index is -1.34. The molecule has 2 aromatic rings. The van der Waals surface area contributed by atoms with Crippen LogP contribution in [0.15, 0.2) is 30.3 Å². The number of halogens is 3. The van der Waals surface area contributed by atoms with E-state index in [9.17, 15) is 18.0 Å². The second-order valence-corrected chi connectivity index (χ2v) is 4.05. The van der Waals surface area contributed by atoms with Crippen molar-refractivity contribution < 1.29 is 18.0 Å². The molecule has 0 fully saturated rings. The van der Waals surface area contributed by atoms with Gasteiger partial charge < -0.3 is 16.8 Å². The second-order valence-electron chi connectivity index (χ2n) is 4.05. The monoisotopic (exact) mass is 281 g/mol. The summed E-state index contributed by atoms with van der Waals surface area (Å²) in [5.41, 5.74) is 11.1. The molecule has 0 aliphatic rings. The van der Waals surface area contributed by atoms with Gasteiger partial charge in [-0.2, -0.15) is 0 Å². The van der Waals surface area contributed by atoms with Crippen LogP contribution in [0, 0.1) is 17.5 Å². The number of amides is 1. The zero-order valence-electron chi connectivity index (χ0n) is 10.1. The Kier molecular flexibility index (Phi) is 3.51. The molecule has 0 heterocycles. The number of nitrogen functional groups attached to an aromatic ring is 2. The molecule has 0 aliphatic heterocycles. The molecular formula is C13H10F3N3O. The third kappa shape index (κ3) is 2.66. The van der Waals surface area contributed by atoms with E-state index < -0.39 is 29.0 Å². The molecule has 104 valence electrons. The third-order valence-electron chi connectivity index (χ3n) is 2.58. The number of rotatable bonds is 2. The summed E-state index contributed by atoms with van der Waals surface area (Å²) in [4.78, 5) is 11.9. The van der Waals surface area contributed by atoms with Gasteiger partial charge in [-0.25, -0.2) is 13.2 Å². The molecule has 0 unspecified atom stereocenters. The lowest BCUT2D eigenvalue weighted by molar-refractivity contribution is 0.102. The van der Waals surface area contributed by atoms with Gasteiger partial charge in [0.25, 0.3) is 5.91 Å². The molecule has 7 heteroatoms. The zero-order chi connectivity index (χ0) is 14.9. The SMILES string of the molecule is Nc1ccc(C(=O)Nc2cc(F)c(F)cc2F)c(N)c1. The first kappa shape index (κ1) is 13.7. The van der Waals surface area contributed by atoms with Gasteiger partial charge in [0, 0.05) is 23.5 Å². The van der Waals surface area contributed by atoms with E-state index in [1.807, 2.05) is 0 Å². The topological polar surface area (TPSA) is 81.1 Å². The summed E-state index contributed by atoms with van der Waals surface area (Å²) < 4.78 is 39.2. The molecule has 4 nitrogen and oxygen atoms in total. The molecule has 5 N–H and O–H groups in total. The molecule has 0 aromatic heterocycles. The molecule has 20 heavy (non-hydrogen) atoms. The van der Waals surface area contributed by atoms with Crippen LogP contribution in [0.4, 0.5) is 30.2 Å². The average Bonchev–Trinajstić information content (AvgIpc) is 2.35. The molecule has 0 saturated heterocycles. The minimum Gasteiger partial charge on any atom is -0.399 e. The fourth-order valence-electron chi connectivity index (χ4n) is 1.60. The quantitative estimate of drug-likeness (QED) is 0.584. The molecule has 0 bridgehead atoms. The largest absolute Gasteiger partial charge is 0.399 e. The molecule has 2 aromatic carbocycles. The maximum atomic E-state index is 13.4. The molecule has 0 saturated carbocycles. The van der Waals surface area contributed by atoms with Gasteiger partial charge in [-0.15, -0.1) is 0 Å². The van der Waals surface area contributed by atoms with Crippen LogP contribution in [0.5, 0.6) is 0 Å². The molecule has 0 radical (unpaired) electrons. The summed E-state index contributed by atoms with van der Waals surface area (Å²) >= 11 is 0. The smallest absolute Gasteiger partial charge is 0.257 e. The number of carbonyl (C=O) groups is 1. The number of benzene rings is 2. The predicted octanol–water partition coefficient (Wildman–Crippen LogP) is 2.52. The predicted molar refractivity (Wildman–Crippen MR) is 69.5 cm³/mol. The molecule has 0 atom stereocenters. The first-order valence-electron chi connectivity index (χ1n) is 5.49. The van der Waals surface area contributed by atoms with E-state index in [1.54, 1.807) is 0 Å². The van der Waals surface area contributed by atoms with Crippen molar-refractivity contribution in [3.8, 4) is 0 Å². The standard InChI is InChI=1S/C13H10F3N3O/c14-8-4-10(16)12(5-9(8)15)19-13(20)7-2-1-6(17)3-11(7)18/h1-5H,17-18H2,(H,19,20). The van der Waals surface area contributed by atoms with Crippen molar-refractivity contribution in [2.24, 2.45) is 0 Å². The Labute approximate surface area is 112 Å². The Morgan fingerprint density at radius 2 is 1.60 bits per heavy atom. The molecule has 0 spiro atoms. The summed E-state index contributed by atoms with van der Waals surface area (Å²) in [6, 6.07) is 5.04. The number of nitrogens with one attached hydrogen (secondary N) is 1. The van der Waals surface area contributed by atoms with Gasteiger partial charge in [0.15, 0.2) is 11.6 Å². The van der Waals surface area contributed by atoms with Gasteiger partial charge in [-0.1, -0.05) is 0 Å². The van der Waals surface area contributed by atoms with Crippen molar-refractivity contribution in [1.82, 2.24) is 0 Å². The van der Waals surface area contributed by atoms with E-state index in [1.165, 1.54) is 18.2 Å². The van der Waals surface area contributed by atoms with Crippen LogP contribution < -0.4 is 16.8 Å². The van der Waals surface area contributed by atoms with Crippen LogP contribution in [0.25, 0.3) is 0 Å². The Morgan fingerprint density at radius 1 is 0.950 bits per heavy atom. The first-order chi connectivity index (χ1) is 9.38. The lowest BCUT2D eigenvalue weighted by Gasteiger charge is -2.09. The van der Waals surface area contributed by atoms with E-state index >= 15 is 0 Å². The van der Waals surface area contributed by atoms with Crippen molar-refractivity contribution >= 4 is 23.0 Å². The fraction of sp³-hybridized carbons (Fsp3) is 0. The van der Waals surface area contributed by atoms with Crippen LogP contribution in [0.1, 0.15) is 10.4 Å². The highest BCUT2D eigenvalue weighted by Crippen LogP contribution is 2.21. The highest BCUT2D eigenvalue weighted by atomic mass is 19.2. The lowest BCUT2D eigenvalue weighted by atomic mass is 10.1. The van der Waals surface area contributed by atoms with E-state index in [-0.39, 0.29) is 11.3 Å². The normalized spacial score (nSPS) is 10.3. The zero-order valence-corrected chi connectivity index (χ0v) is 10.1. The summed E-state index contributed by atoms with van der Waals surface area (Å²) in [5.74, 6) is -4.46. The number of hydrogen-bond acceptors (Lipinski definition) is 3. The Balaban J connectivity index is 2.30. The minimum absolute atomic E-state index is 0.0448. The third-order valence-corrected chi connectivity index (χ3v) is 2.58. The summed E-state index contributed by atoms with van der Waals surface area (Å²) in [5, 5.41) is 2.11. The second kappa shape index (κ2) is 5.12. The van der Waals surface area contributed by atoms with Gasteiger partial charge >= 0.3 is 0 Å². The number of carbonyl (C=O) groups excluding carboxylic acids is 1. The highest BCUT2D eigenvalue weighted by Gasteiger charge is 2.15. The molecule has 2 rings (SSSR count). The van der Waals surface area contributed by atoms with Crippen LogP contribution in [0.2, 0.25) is 0 Å². The van der Waals surface area contributed by atoms with Crippen molar-refractivity contribution in [3.05, 3.63) is 53.3 Å². The van der Waals surface area contributed by atoms with Crippen molar-refractivity contribution in [2.45, 2.75) is 0 Å². The van der Waals surface area contributed by atoms with Crippen LogP contribution in [-0.4, -0.2) is 5.91 Å². The van der Waals surface area contributed by atoms with Gasteiger partial charge in [-0.3, -0.25) is 4.79 Å². The Bertz CT molecular complexity index is 689. The summed E-state index contributed by atoms with van der Waals surface area (Å²) in [6.07, 6.45) is 0. The average molecular weight is 281 g/mol. The Hall–Kier alpha value is -2.70. The lowest BCUT2D eigenvalue weighted by Crippen LogP contribution is -2.15. The van der Waals surface area contributed by atoms with Gasteiger partial charge in [-0.05, 0) is 18.2 Å². The first-order valence-corrected chi connectivity index (χ1v) is 5.49. The van der Waals surface area contributed by atoms with E-state index in [0.29, 0.717) is 17.8 Å². The maximum Gasteiger partial charge on any atom is 0.257 e. The molecule has 1 amide bonds. The maximum absolute atomic E-state index is 13.4. The number of anilines is 3. The molecule has 0 aliphatic carbocycles. The van der Waals surface area contributed by atoms with E-state index in [2.05, 4.69) is 5.32 Å². The van der Waals surface area contributed by atoms with E-state index in [0.717, 1.165) is 0 Å². The number of hydrogen-bond donors (Lipinski definition) is 3. The van der Waals surface area contributed by atoms with Crippen molar-refractivity contribution in [2.75, 3.05) is 16.8 Å². The molecular weight excluding hydrogens is 271 g/mol. The van der Waals surface area contributed by atoms with Gasteiger partial charge in [0.2, 0.25) is 0 Å². The highest BCUT2D eigenvalue weighted by molar-refractivity contribution is 6.08. The number of nitrogens with two attached hydrogens (primary N) is 2. The van der Waals surface area contributed by atoms with Crippen molar-refractivity contribution in [1.29, 1.82) is 0 Å². The van der Waals surface area contributed by atoms with Crippen molar-refractivity contribution in [3.63, 3.8) is 0 Å². The fourth-order valence-corrected chi connectivity index (χ4v) is 1.60.